The highest BCUT2D eigenvalue weighted by Gasteiger charge is 2.32. The molecule has 1 aromatic heterocycles. The number of hydrogen-bond donors (Lipinski definition) is 0. The summed E-state index contributed by atoms with van der Waals surface area (Å²) in [6, 6.07) is 5.87. The molecule has 31 heavy (non-hydrogen) atoms. The molecule has 0 N–H and O–H groups in total. The largest absolute Gasteiger partial charge is 0.309 e. The van der Waals surface area contributed by atoms with E-state index in [1.54, 1.807) is 15.9 Å². The Morgan fingerprint density at radius 3 is 2.71 bits per heavy atom. The quantitative estimate of drug-likeness (QED) is 0.432. The van der Waals surface area contributed by atoms with Gasteiger partial charge in [-0.2, -0.15) is 0 Å². The van der Waals surface area contributed by atoms with Gasteiger partial charge < -0.3 is 4.90 Å². The van der Waals surface area contributed by atoms with Crippen molar-refractivity contribution in [3.05, 3.63) is 45.3 Å². The molecule has 164 valence electrons. The third-order valence-electron chi connectivity index (χ3n) is 4.97. The van der Waals surface area contributed by atoms with Crippen molar-refractivity contribution in [2.75, 3.05) is 32.1 Å². The van der Waals surface area contributed by atoms with Crippen molar-refractivity contribution >= 4 is 68.3 Å². The van der Waals surface area contributed by atoms with Gasteiger partial charge in [0.05, 0.1) is 16.3 Å². The fraction of sp³-hybridized carbons (Fsp3) is 0.364. The number of thioether (sulfide) groups is 1. The Kier molecular flexibility index (Phi) is 7.64. The predicted octanol–water partition coefficient (Wildman–Crippen LogP) is 4.60. The van der Waals surface area contributed by atoms with Crippen molar-refractivity contribution in [3.63, 3.8) is 0 Å². The van der Waals surface area contributed by atoms with E-state index >= 15 is 0 Å². The van der Waals surface area contributed by atoms with Crippen LogP contribution in [0.2, 0.25) is 0 Å². The fourth-order valence-corrected chi connectivity index (χ4v) is 5.33. The SMILES string of the molecule is CC(=O)N(c1nc(/C=C2/SC(=S)N(CCCN(C)C)C2=O)cs1)c1cccc(C)c1C. The molecular formula is C22H26N4O2S3. The van der Waals surface area contributed by atoms with Crippen molar-refractivity contribution in [2.24, 2.45) is 0 Å². The van der Waals surface area contributed by atoms with Crippen LogP contribution in [0.25, 0.3) is 6.08 Å². The van der Waals surface area contributed by atoms with E-state index in [2.05, 4.69) is 9.88 Å². The number of amides is 2. The molecule has 0 radical (unpaired) electrons. The molecule has 1 saturated heterocycles. The number of nitrogens with zero attached hydrogens (tertiary/aromatic N) is 4. The number of hydrogen-bond acceptors (Lipinski definition) is 7. The summed E-state index contributed by atoms with van der Waals surface area (Å²) in [5, 5.41) is 2.43. The molecule has 6 nitrogen and oxygen atoms in total. The van der Waals surface area contributed by atoms with E-state index in [0.29, 0.717) is 26.6 Å². The first-order valence-corrected chi connectivity index (χ1v) is 12.0. The molecule has 0 bridgehead atoms. The van der Waals surface area contributed by atoms with Crippen molar-refractivity contribution in [2.45, 2.75) is 27.2 Å². The van der Waals surface area contributed by atoms with Crippen LogP contribution in [0.4, 0.5) is 10.8 Å². The van der Waals surface area contributed by atoms with E-state index in [4.69, 9.17) is 12.2 Å². The van der Waals surface area contributed by atoms with Gasteiger partial charge in [0.15, 0.2) is 5.13 Å². The second-order valence-corrected chi connectivity index (χ2v) is 10.1. The van der Waals surface area contributed by atoms with Gasteiger partial charge in [0.2, 0.25) is 5.91 Å². The van der Waals surface area contributed by atoms with Gasteiger partial charge in [0.25, 0.3) is 5.91 Å². The van der Waals surface area contributed by atoms with Crippen molar-refractivity contribution in [3.8, 4) is 0 Å². The number of carbonyl (C=O) groups excluding carboxylic acids is 2. The lowest BCUT2D eigenvalue weighted by Gasteiger charge is -2.21. The maximum atomic E-state index is 12.8. The highest BCUT2D eigenvalue weighted by atomic mass is 32.2. The highest BCUT2D eigenvalue weighted by molar-refractivity contribution is 8.26. The van der Waals surface area contributed by atoms with E-state index < -0.39 is 0 Å². The zero-order valence-corrected chi connectivity index (χ0v) is 20.8. The smallest absolute Gasteiger partial charge is 0.266 e. The zero-order valence-electron chi connectivity index (χ0n) is 18.3. The molecule has 0 spiro atoms. The Morgan fingerprint density at radius 2 is 2.03 bits per heavy atom. The fourth-order valence-electron chi connectivity index (χ4n) is 3.20. The third-order valence-corrected chi connectivity index (χ3v) is 7.19. The average Bonchev–Trinajstić information content (AvgIpc) is 3.24. The first-order valence-electron chi connectivity index (χ1n) is 9.91. The maximum Gasteiger partial charge on any atom is 0.266 e. The van der Waals surface area contributed by atoms with Gasteiger partial charge in [-0.25, -0.2) is 4.98 Å². The van der Waals surface area contributed by atoms with Crippen LogP contribution in [0.1, 0.15) is 30.2 Å². The van der Waals surface area contributed by atoms with E-state index in [1.165, 1.54) is 30.0 Å². The number of aryl methyl sites for hydroxylation is 1. The summed E-state index contributed by atoms with van der Waals surface area (Å²) in [4.78, 5) is 35.8. The van der Waals surface area contributed by atoms with Crippen molar-refractivity contribution in [1.82, 2.24) is 14.8 Å². The summed E-state index contributed by atoms with van der Waals surface area (Å²) in [6.45, 7) is 7.04. The Balaban J connectivity index is 1.82. The first kappa shape index (κ1) is 23.6. The molecule has 0 atom stereocenters. The van der Waals surface area contributed by atoms with Gasteiger partial charge in [-0.05, 0) is 64.2 Å². The normalized spacial score (nSPS) is 15.4. The van der Waals surface area contributed by atoms with Crippen molar-refractivity contribution < 1.29 is 9.59 Å². The summed E-state index contributed by atoms with van der Waals surface area (Å²) in [5.74, 6) is -0.192. The number of carbonyl (C=O) groups is 2. The molecule has 3 rings (SSSR count). The second-order valence-electron chi connectivity index (χ2n) is 7.62. The summed E-state index contributed by atoms with van der Waals surface area (Å²) in [7, 11) is 4.01. The van der Waals surface area contributed by atoms with Gasteiger partial charge in [-0.15, -0.1) is 11.3 Å². The summed E-state index contributed by atoms with van der Waals surface area (Å²) < 4.78 is 0.575. The summed E-state index contributed by atoms with van der Waals surface area (Å²) in [5.41, 5.74) is 3.61. The molecule has 1 aliphatic rings. The van der Waals surface area contributed by atoms with Gasteiger partial charge in [0, 0.05) is 18.8 Å². The monoisotopic (exact) mass is 474 g/mol. The number of rotatable bonds is 7. The lowest BCUT2D eigenvalue weighted by molar-refractivity contribution is -0.122. The van der Waals surface area contributed by atoms with Gasteiger partial charge in [0.1, 0.15) is 4.32 Å². The van der Waals surface area contributed by atoms with Crippen LogP contribution in [0.15, 0.2) is 28.5 Å². The molecule has 0 unspecified atom stereocenters. The lowest BCUT2D eigenvalue weighted by Crippen LogP contribution is -2.30. The molecule has 1 aliphatic heterocycles. The summed E-state index contributed by atoms with van der Waals surface area (Å²) >= 11 is 8.08. The van der Waals surface area contributed by atoms with Crippen LogP contribution in [-0.4, -0.2) is 58.1 Å². The minimum absolute atomic E-state index is 0.0822. The number of benzene rings is 1. The minimum Gasteiger partial charge on any atom is -0.309 e. The van der Waals surface area contributed by atoms with Crippen LogP contribution in [0.3, 0.4) is 0 Å². The van der Waals surface area contributed by atoms with E-state index in [0.717, 1.165) is 29.8 Å². The second kappa shape index (κ2) is 10.0. The van der Waals surface area contributed by atoms with Crippen molar-refractivity contribution in [1.29, 1.82) is 0 Å². The average molecular weight is 475 g/mol. The Labute approximate surface area is 196 Å². The Bertz CT molecular complexity index is 1050. The molecule has 2 heterocycles. The molecule has 0 aliphatic carbocycles. The van der Waals surface area contributed by atoms with Gasteiger partial charge in [-0.1, -0.05) is 36.1 Å². The molecule has 0 saturated carbocycles. The topological polar surface area (TPSA) is 56.8 Å². The molecule has 2 amide bonds. The Hall–Kier alpha value is -2.07. The molecule has 1 aromatic carbocycles. The standard InChI is InChI=1S/C22H26N4O2S3/c1-14-8-6-9-18(15(14)2)26(16(3)27)21-23-17(13-30-21)12-19-20(28)25(22(29)31-19)11-7-10-24(4)5/h6,8-9,12-13H,7,10-11H2,1-5H3/b19-12+. The van der Waals surface area contributed by atoms with Crippen LogP contribution in [0.5, 0.6) is 0 Å². The van der Waals surface area contributed by atoms with Gasteiger partial charge in [-0.3, -0.25) is 19.4 Å². The predicted molar refractivity (Wildman–Crippen MR) is 134 cm³/mol. The zero-order chi connectivity index (χ0) is 22.7. The number of anilines is 2. The van der Waals surface area contributed by atoms with E-state index in [-0.39, 0.29) is 11.8 Å². The maximum absolute atomic E-state index is 12.8. The number of aromatic nitrogens is 1. The third kappa shape index (κ3) is 5.41. The first-order chi connectivity index (χ1) is 14.7. The number of thiazole rings is 1. The van der Waals surface area contributed by atoms with Crippen LogP contribution in [0, 0.1) is 13.8 Å². The Morgan fingerprint density at radius 1 is 1.29 bits per heavy atom. The van der Waals surface area contributed by atoms with Crippen LogP contribution in [-0.2, 0) is 9.59 Å². The molecular weight excluding hydrogens is 448 g/mol. The van der Waals surface area contributed by atoms with E-state index in [1.807, 2.05) is 51.5 Å². The molecule has 1 fully saturated rings. The minimum atomic E-state index is -0.109. The van der Waals surface area contributed by atoms with Crippen LogP contribution < -0.4 is 4.90 Å². The number of thiocarbonyl (C=S) groups is 1. The highest BCUT2D eigenvalue weighted by Crippen LogP contribution is 2.35. The van der Waals surface area contributed by atoms with E-state index in [9.17, 15) is 9.59 Å². The molecule has 9 heteroatoms. The van der Waals surface area contributed by atoms with Crippen LogP contribution >= 0.6 is 35.3 Å². The van der Waals surface area contributed by atoms with Gasteiger partial charge >= 0.3 is 0 Å². The summed E-state index contributed by atoms with van der Waals surface area (Å²) in [6.07, 6.45) is 2.61. The lowest BCUT2D eigenvalue weighted by atomic mass is 10.1. The molecule has 2 aromatic rings.